The minimum Gasteiger partial charge on any atom is -0.126 e. The van der Waals surface area contributed by atoms with Crippen LogP contribution < -0.4 is 0 Å². The summed E-state index contributed by atoms with van der Waals surface area (Å²) in [5.74, 6) is 1.75. The molecule has 0 aromatic rings. The van der Waals surface area contributed by atoms with E-state index in [2.05, 4.69) is 13.0 Å². The molecule has 1 aliphatic carbocycles. The Bertz CT molecular complexity index is 143. The molecule has 0 saturated heterocycles. The molecule has 1 heteroatoms. The quantitative estimate of drug-likeness (QED) is 0.457. The van der Waals surface area contributed by atoms with E-state index in [0.29, 0.717) is 0 Å². The molecular weight excluding hydrogens is 168 g/mol. The highest BCUT2D eigenvalue weighted by molar-refractivity contribution is 6.17. The predicted molar refractivity (Wildman–Crippen MR) is 55.7 cm³/mol. The van der Waals surface area contributed by atoms with Gasteiger partial charge in [-0.1, -0.05) is 37.3 Å². The fourth-order valence-corrected chi connectivity index (χ4v) is 2.16. The molecule has 0 spiro atoms. The Balaban J connectivity index is 2.19. The zero-order valence-corrected chi connectivity index (χ0v) is 8.74. The molecule has 1 rings (SSSR count). The summed E-state index contributed by atoms with van der Waals surface area (Å²) in [6.45, 7) is 2.24. The number of rotatable bonds is 4. The van der Waals surface area contributed by atoms with Gasteiger partial charge < -0.3 is 0 Å². The molecule has 1 aliphatic rings. The first kappa shape index (κ1) is 10.1. The van der Waals surface area contributed by atoms with Gasteiger partial charge in [-0.05, 0) is 25.7 Å². The van der Waals surface area contributed by atoms with Gasteiger partial charge in [0.1, 0.15) is 0 Å². The lowest BCUT2D eigenvalue weighted by molar-refractivity contribution is 0.543. The van der Waals surface area contributed by atoms with Crippen molar-refractivity contribution in [3.8, 4) is 0 Å². The monoisotopic (exact) mass is 186 g/mol. The molecule has 0 heterocycles. The average Bonchev–Trinajstić information content (AvgIpc) is 2.53. The van der Waals surface area contributed by atoms with Gasteiger partial charge in [0.15, 0.2) is 0 Å². The van der Waals surface area contributed by atoms with Crippen molar-refractivity contribution in [1.82, 2.24) is 0 Å². The topological polar surface area (TPSA) is 0 Å². The minimum atomic E-state index is 0.766. The molecule has 1 fully saturated rings. The standard InChI is InChI=1S/C11H19Cl/c1-10(5-4-8-12)9-11-6-2-3-7-11/h5,11H,2-4,6-9H2,1H3. The molecule has 0 nitrogen and oxygen atoms in total. The lowest BCUT2D eigenvalue weighted by Gasteiger charge is -2.08. The summed E-state index contributed by atoms with van der Waals surface area (Å²) in [6.07, 6.45) is 10.5. The van der Waals surface area contributed by atoms with E-state index in [1.54, 1.807) is 5.57 Å². The fourth-order valence-electron chi connectivity index (χ4n) is 2.05. The molecule has 0 bridgehead atoms. The second-order valence-electron chi connectivity index (χ2n) is 3.88. The highest BCUT2D eigenvalue weighted by Crippen LogP contribution is 2.29. The third-order valence-corrected chi connectivity index (χ3v) is 2.91. The van der Waals surface area contributed by atoms with Gasteiger partial charge in [-0.2, -0.15) is 0 Å². The Labute approximate surface area is 81.0 Å². The second kappa shape index (κ2) is 5.64. The van der Waals surface area contributed by atoms with Crippen molar-refractivity contribution in [2.24, 2.45) is 5.92 Å². The van der Waals surface area contributed by atoms with Crippen LogP contribution in [0.2, 0.25) is 0 Å². The highest BCUT2D eigenvalue weighted by Gasteiger charge is 2.14. The van der Waals surface area contributed by atoms with Crippen LogP contribution in [0.25, 0.3) is 0 Å². The molecule has 0 radical (unpaired) electrons. The number of hydrogen-bond donors (Lipinski definition) is 0. The SMILES string of the molecule is CC(=CCCCl)CC1CCCC1. The van der Waals surface area contributed by atoms with E-state index in [0.717, 1.165) is 18.2 Å². The van der Waals surface area contributed by atoms with Gasteiger partial charge in [0.2, 0.25) is 0 Å². The maximum absolute atomic E-state index is 5.62. The molecular formula is C11H19Cl. The highest BCUT2D eigenvalue weighted by atomic mass is 35.5. The van der Waals surface area contributed by atoms with Crippen molar-refractivity contribution in [2.75, 3.05) is 5.88 Å². The van der Waals surface area contributed by atoms with Crippen LogP contribution in [-0.2, 0) is 0 Å². The van der Waals surface area contributed by atoms with Gasteiger partial charge in [0.05, 0.1) is 0 Å². The van der Waals surface area contributed by atoms with Crippen molar-refractivity contribution in [3.63, 3.8) is 0 Å². The normalized spacial score (nSPS) is 20.3. The molecule has 0 N–H and O–H groups in total. The number of halogens is 1. The van der Waals surface area contributed by atoms with Gasteiger partial charge in [-0.25, -0.2) is 0 Å². The molecule has 0 amide bonds. The summed E-state index contributed by atoms with van der Waals surface area (Å²) < 4.78 is 0. The third kappa shape index (κ3) is 3.62. The maximum atomic E-state index is 5.62. The molecule has 0 atom stereocenters. The Kier molecular flexibility index (Phi) is 4.75. The molecule has 70 valence electrons. The third-order valence-electron chi connectivity index (χ3n) is 2.69. The zero-order chi connectivity index (χ0) is 8.81. The van der Waals surface area contributed by atoms with Crippen molar-refractivity contribution in [2.45, 2.75) is 45.4 Å². The first-order chi connectivity index (χ1) is 5.83. The Morgan fingerprint density at radius 1 is 1.42 bits per heavy atom. The first-order valence-electron chi connectivity index (χ1n) is 5.04. The Morgan fingerprint density at radius 3 is 2.67 bits per heavy atom. The van der Waals surface area contributed by atoms with Crippen molar-refractivity contribution < 1.29 is 0 Å². The summed E-state index contributed by atoms with van der Waals surface area (Å²) in [7, 11) is 0. The van der Waals surface area contributed by atoms with Gasteiger partial charge in [0, 0.05) is 5.88 Å². The summed E-state index contributed by atoms with van der Waals surface area (Å²) in [4.78, 5) is 0. The molecule has 0 aromatic carbocycles. The summed E-state index contributed by atoms with van der Waals surface area (Å²) >= 11 is 5.62. The Morgan fingerprint density at radius 2 is 2.08 bits per heavy atom. The van der Waals surface area contributed by atoms with Crippen molar-refractivity contribution in [3.05, 3.63) is 11.6 Å². The number of alkyl halides is 1. The number of hydrogen-bond acceptors (Lipinski definition) is 0. The molecule has 0 unspecified atom stereocenters. The minimum absolute atomic E-state index is 0.766. The van der Waals surface area contributed by atoms with Crippen LogP contribution in [0.4, 0.5) is 0 Å². The predicted octanol–water partition coefficient (Wildman–Crippen LogP) is 4.14. The summed E-state index contributed by atoms with van der Waals surface area (Å²) in [6, 6.07) is 0. The summed E-state index contributed by atoms with van der Waals surface area (Å²) in [5.41, 5.74) is 1.54. The largest absolute Gasteiger partial charge is 0.126 e. The second-order valence-corrected chi connectivity index (χ2v) is 4.26. The van der Waals surface area contributed by atoms with Crippen LogP contribution in [-0.4, -0.2) is 5.88 Å². The van der Waals surface area contributed by atoms with Gasteiger partial charge in [-0.15, -0.1) is 11.6 Å². The summed E-state index contributed by atoms with van der Waals surface area (Å²) in [5, 5.41) is 0. The average molecular weight is 187 g/mol. The molecule has 0 aromatic heterocycles. The van der Waals surface area contributed by atoms with E-state index in [1.807, 2.05) is 0 Å². The smallest absolute Gasteiger partial charge is 0.0258 e. The van der Waals surface area contributed by atoms with Crippen LogP contribution in [0.3, 0.4) is 0 Å². The maximum Gasteiger partial charge on any atom is 0.0258 e. The van der Waals surface area contributed by atoms with Gasteiger partial charge in [-0.3, -0.25) is 0 Å². The van der Waals surface area contributed by atoms with Crippen LogP contribution in [0, 0.1) is 5.92 Å². The van der Waals surface area contributed by atoms with Gasteiger partial charge >= 0.3 is 0 Å². The Hall–Kier alpha value is 0.0300. The van der Waals surface area contributed by atoms with Gasteiger partial charge in [0.25, 0.3) is 0 Å². The van der Waals surface area contributed by atoms with Crippen molar-refractivity contribution >= 4 is 11.6 Å². The lowest BCUT2D eigenvalue weighted by atomic mass is 9.98. The van der Waals surface area contributed by atoms with Crippen LogP contribution in [0.15, 0.2) is 11.6 Å². The first-order valence-corrected chi connectivity index (χ1v) is 5.58. The van der Waals surface area contributed by atoms with E-state index in [4.69, 9.17) is 11.6 Å². The zero-order valence-electron chi connectivity index (χ0n) is 7.98. The number of allylic oxidation sites excluding steroid dienone is 2. The lowest BCUT2D eigenvalue weighted by Crippen LogP contribution is -1.93. The van der Waals surface area contributed by atoms with E-state index < -0.39 is 0 Å². The van der Waals surface area contributed by atoms with Crippen LogP contribution >= 0.6 is 11.6 Å². The molecule has 0 aliphatic heterocycles. The molecule has 1 saturated carbocycles. The van der Waals surface area contributed by atoms with Crippen molar-refractivity contribution in [1.29, 1.82) is 0 Å². The fraction of sp³-hybridized carbons (Fsp3) is 0.818. The van der Waals surface area contributed by atoms with Crippen LogP contribution in [0.1, 0.15) is 45.4 Å². The van der Waals surface area contributed by atoms with E-state index in [9.17, 15) is 0 Å². The van der Waals surface area contributed by atoms with E-state index >= 15 is 0 Å². The molecule has 12 heavy (non-hydrogen) atoms. The van der Waals surface area contributed by atoms with E-state index in [-0.39, 0.29) is 0 Å². The van der Waals surface area contributed by atoms with Crippen LogP contribution in [0.5, 0.6) is 0 Å². The van der Waals surface area contributed by atoms with E-state index in [1.165, 1.54) is 32.1 Å².